The Morgan fingerprint density at radius 3 is 3.00 bits per heavy atom. The van der Waals surface area contributed by atoms with Gasteiger partial charge in [0.15, 0.2) is 0 Å². The molecule has 9 heteroatoms. The summed E-state index contributed by atoms with van der Waals surface area (Å²) in [6, 6.07) is 0. The smallest absolute Gasteiger partial charge is 0.344 e. The van der Waals surface area contributed by atoms with Gasteiger partial charge >= 0.3 is 11.7 Å². The van der Waals surface area contributed by atoms with E-state index in [9.17, 15) is 14.7 Å². The van der Waals surface area contributed by atoms with Crippen LogP contribution in [-0.2, 0) is 9.53 Å². The summed E-state index contributed by atoms with van der Waals surface area (Å²) in [4.78, 5) is 25.5. The molecule has 2 heterocycles. The Bertz CT molecular complexity index is 627. The lowest BCUT2D eigenvalue weighted by Gasteiger charge is -2.15. The number of carbonyl (C=O) groups is 1. The molecule has 1 aliphatic rings. The van der Waals surface area contributed by atoms with Crippen LogP contribution in [0, 0.1) is 11.6 Å². The Kier molecular flexibility index (Phi) is 4.61. The maximum absolute atomic E-state index is 11.9. The molecule has 7 nitrogen and oxygen atoms in total. The Labute approximate surface area is 124 Å². The van der Waals surface area contributed by atoms with E-state index in [0.29, 0.717) is 16.8 Å². The second-order valence-electron chi connectivity index (χ2n) is 4.48. The molecule has 0 aromatic carbocycles. The fourth-order valence-electron chi connectivity index (χ4n) is 2.04. The van der Waals surface area contributed by atoms with Gasteiger partial charge in [0, 0.05) is 13.3 Å². The van der Waals surface area contributed by atoms with E-state index in [2.05, 4.69) is 10.1 Å². The zero-order valence-electron chi connectivity index (χ0n) is 11.0. The molecule has 0 bridgehead atoms. The minimum absolute atomic E-state index is 0.129. The second-order valence-corrected chi connectivity index (χ2v) is 6.31. The third-order valence-corrected chi connectivity index (χ3v) is 4.87. The van der Waals surface area contributed by atoms with Gasteiger partial charge in [-0.05, 0) is 6.92 Å². The molecule has 1 saturated heterocycles. The minimum Gasteiger partial charge on any atom is -0.461 e. The standard InChI is InChI=1S/C11H15N3O4S2/c1-5-10(19)12-11(17)14(13-5)9-3-7(18-6(2)16)8(4-15)20-9/h7-9,15H,3-4H2,1-2H3,(H,12,17,19). The molecule has 0 amide bonds. The number of aliphatic hydroxyl groups is 1. The van der Waals surface area contributed by atoms with Gasteiger partial charge < -0.3 is 9.84 Å². The van der Waals surface area contributed by atoms with Gasteiger partial charge in [-0.1, -0.05) is 12.2 Å². The summed E-state index contributed by atoms with van der Waals surface area (Å²) in [6.45, 7) is 2.90. The lowest BCUT2D eigenvalue weighted by Crippen LogP contribution is -2.29. The highest BCUT2D eigenvalue weighted by molar-refractivity contribution is 8.00. The number of thioether (sulfide) groups is 1. The molecular formula is C11H15N3O4S2. The van der Waals surface area contributed by atoms with E-state index in [1.54, 1.807) is 6.92 Å². The van der Waals surface area contributed by atoms with Crippen LogP contribution in [0.1, 0.15) is 24.4 Å². The Hall–Kier alpha value is -1.19. The van der Waals surface area contributed by atoms with Crippen molar-refractivity contribution in [3.05, 3.63) is 20.8 Å². The highest BCUT2D eigenvalue weighted by atomic mass is 32.2. The molecule has 0 aliphatic carbocycles. The van der Waals surface area contributed by atoms with Gasteiger partial charge in [-0.3, -0.25) is 9.78 Å². The largest absolute Gasteiger partial charge is 0.461 e. The van der Waals surface area contributed by atoms with Crippen LogP contribution in [0.5, 0.6) is 0 Å². The number of aryl methyl sites for hydroxylation is 1. The van der Waals surface area contributed by atoms with E-state index >= 15 is 0 Å². The SMILES string of the molecule is CC(=O)OC1CC(n2nc(C)c(=S)[nH]c2=O)SC1CO. The Morgan fingerprint density at radius 2 is 2.40 bits per heavy atom. The van der Waals surface area contributed by atoms with Gasteiger partial charge in [0.25, 0.3) is 0 Å². The summed E-state index contributed by atoms with van der Waals surface area (Å²) in [6.07, 6.45) is -0.00317. The molecule has 110 valence electrons. The van der Waals surface area contributed by atoms with Crippen molar-refractivity contribution in [1.29, 1.82) is 0 Å². The third kappa shape index (κ3) is 3.10. The van der Waals surface area contributed by atoms with Crippen LogP contribution in [0.25, 0.3) is 0 Å². The number of H-pyrrole nitrogens is 1. The zero-order valence-corrected chi connectivity index (χ0v) is 12.7. The lowest BCUT2D eigenvalue weighted by molar-refractivity contribution is -0.146. The average Bonchev–Trinajstić information content (AvgIpc) is 2.75. The molecule has 1 aromatic heterocycles. The molecule has 3 unspecified atom stereocenters. The van der Waals surface area contributed by atoms with Gasteiger partial charge in [0.2, 0.25) is 0 Å². The van der Waals surface area contributed by atoms with E-state index in [-0.39, 0.29) is 17.2 Å². The molecule has 0 radical (unpaired) electrons. The number of rotatable bonds is 3. The summed E-state index contributed by atoms with van der Waals surface area (Å²) in [5, 5.41) is 12.9. The van der Waals surface area contributed by atoms with E-state index in [1.807, 2.05) is 0 Å². The predicted molar refractivity (Wildman–Crippen MR) is 76.1 cm³/mol. The maximum atomic E-state index is 11.9. The van der Waals surface area contributed by atoms with Crippen LogP contribution in [0.2, 0.25) is 0 Å². The average molecular weight is 317 g/mol. The maximum Gasteiger partial charge on any atom is 0.344 e. The number of nitrogens with zero attached hydrogens (tertiary/aromatic N) is 2. The fourth-order valence-corrected chi connectivity index (χ4v) is 3.56. The Morgan fingerprint density at radius 1 is 1.70 bits per heavy atom. The monoisotopic (exact) mass is 317 g/mol. The van der Waals surface area contributed by atoms with Crippen molar-refractivity contribution in [3.63, 3.8) is 0 Å². The van der Waals surface area contributed by atoms with Crippen LogP contribution in [0.15, 0.2) is 4.79 Å². The fraction of sp³-hybridized carbons (Fsp3) is 0.636. The number of aromatic nitrogens is 3. The first kappa shape index (κ1) is 15.2. The van der Waals surface area contributed by atoms with Gasteiger partial charge in [0.05, 0.1) is 17.6 Å². The number of nitrogens with one attached hydrogen (secondary N) is 1. The van der Waals surface area contributed by atoms with E-state index in [0.717, 1.165) is 0 Å². The summed E-state index contributed by atoms with van der Waals surface area (Å²) in [5.74, 6) is -0.404. The molecular weight excluding hydrogens is 302 g/mol. The van der Waals surface area contributed by atoms with Gasteiger partial charge in [-0.2, -0.15) is 5.10 Å². The number of hydrogen-bond donors (Lipinski definition) is 2. The molecule has 0 spiro atoms. The van der Waals surface area contributed by atoms with Crippen LogP contribution >= 0.6 is 24.0 Å². The third-order valence-electron chi connectivity index (χ3n) is 2.97. The molecule has 1 aliphatic heterocycles. The van der Waals surface area contributed by atoms with Crippen molar-refractivity contribution >= 4 is 29.9 Å². The van der Waals surface area contributed by atoms with Crippen molar-refractivity contribution in [2.75, 3.05) is 6.61 Å². The lowest BCUT2D eigenvalue weighted by atomic mass is 10.2. The van der Waals surface area contributed by atoms with Crippen molar-refractivity contribution in [2.45, 2.75) is 37.0 Å². The summed E-state index contributed by atoms with van der Waals surface area (Å²) in [5.41, 5.74) is 0.148. The van der Waals surface area contributed by atoms with Gasteiger partial charge in [-0.15, -0.1) is 11.8 Å². The first-order chi connectivity index (χ1) is 9.42. The van der Waals surface area contributed by atoms with Crippen molar-refractivity contribution in [2.24, 2.45) is 0 Å². The number of aliphatic hydroxyl groups excluding tert-OH is 1. The van der Waals surface area contributed by atoms with E-state index in [1.165, 1.54) is 23.4 Å². The zero-order chi connectivity index (χ0) is 14.9. The summed E-state index contributed by atoms with van der Waals surface area (Å²) in [7, 11) is 0. The van der Waals surface area contributed by atoms with Crippen LogP contribution in [0.3, 0.4) is 0 Å². The molecule has 2 rings (SSSR count). The number of hydrogen-bond acceptors (Lipinski definition) is 7. The number of carbonyl (C=O) groups excluding carboxylic acids is 1. The normalized spacial score (nSPS) is 25.6. The topological polar surface area (TPSA) is 97.2 Å². The molecule has 0 saturated carbocycles. The molecule has 20 heavy (non-hydrogen) atoms. The molecule has 1 aromatic rings. The molecule has 3 atom stereocenters. The van der Waals surface area contributed by atoms with Gasteiger partial charge in [0.1, 0.15) is 16.1 Å². The number of aromatic amines is 1. The van der Waals surface area contributed by atoms with Crippen LogP contribution in [0.4, 0.5) is 0 Å². The van der Waals surface area contributed by atoms with Crippen molar-refractivity contribution in [3.8, 4) is 0 Å². The Balaban J connectivity index is 2.27. The highest BCUT2D eigenvalue weighted by Crippen LogP contribution is 2.41. The van der Waals surface area contributed by atoms with Crippen molar-refractivity contribution in [1.82, 2.24) is 14.8 Å². The molecule has 1 fully saturated rings. The van der Waals surface area contributed by atoms with Crippen LogP contribution in [-0.4, -0.2) is 43.8 Å². The van der Waals surface area contributed by atoms with Crippen molar-refractivity contribution < 1.29 is 14.6 Å². The summed E-state index contributed by atoms with van der Waals surface area (Å²) < 4.78 is 6.77. The summed E-state index contributed by atoms with van der Waals surface area (Å²) >= 11 is 6.32. The molecule has 2 N–H and O–H groups in total. The van der Waals surface area contributed by atoms with Crippen LogP contribution < -0.4 is 5.69 Å². The quantitative estimate of drug-likeness (QED) is 0.620. The van der Waals surface area contributed by atoms with Gasteiger partial charge in [-0.25, -0.2) is 9.48 Å². The second kappa shape index (κ2) is 6.06. The first-order valence-electron chi connectivity index (χ1n) is 6.05. The first-order valence-corrected chi connectivity index (χ1v) is 7.40. The highest BCUT2D eigenvalue weighted by Gasteiger charge is 2.38. The number of esters is 1. The minimum atomic E-state index is -0.426. The van der Waals surface area contributed by atoms with E-state index in [4.69, 9.17) is 17.0 Å². The van der Waals surface area contributed by atoms with E-state index < -0.39 is 17.8 Å². The predicted octanol–water partition coefficient (Wildman–Crippen LogP) is 0.537. The number of ether oxygens (including phenoxy) is 1.